The molecule has 2 nitrogen and oxygen atoms in total. The molecule has 0 aliphatic rings. The maximum absolute atomic E-state index is 5.97. The van der Waals surface area contributed by atoms with E-state index in [2.05, 4.69) is 58.0 Å². The highest BCUT2D eigenvalue weighted by atomic mass is 33.1. The summed E-state index contributed by atoms with van der Waals surface area (Å²) >= 11 is 0. The average molecular weight is 304 g/mol. The van der Waals surface area contributed by atoms with Crippen molar-refractivity contribution in [2.45, 2.75) is 58.4 Å². The molecule has 0 fully saturated rings. The third kappa shape index (κ3) is 11.7. The first-order valence-electron chi connectivity index (χ1n) is 6.97. The third-order valence-electron chi connectivity index (χ3n) is 2.46. The summed E-state index contributed by atoms with van der Waals surface area (Å²) in [5.74, 6) is 6.65. The molecule has 112 valence electrons. The van der Waals surface area contributed by atoms with Crippen LogP contribution in [0.1, 0.15) is 47.5 Å². The van der Waals surface area contributed by atoms with Crippen LogP contribution in [-0.4, -0.2) is 30.4 Å². The van der Waals surface area contributed by atoms with Crippen LogP contribution in [0, 0.1) is 17.8 Å². The smallest absolute Gasteiger partial charge is 0.122 e. The lowest BCUT2D eigenvalue weighted by molar-refractivity contribution is 0.0558. The molecule has 0 saturated heterocycles. The van der Waals surface area contributed by atoms with Gasteiger partial charge in [-0.25, -0.2) is 0 Å². The number of hydrogen-bond acceptors (Lipinski definition) is 4. The summed E-state index contributed by atoms with van der Waals surface area (Å²) < 4.78 is 5.97. The van der Waals surface area contributed by atoms with Crippen molar-refractivity contribution in [3.05, 3.63) is 0 Å². The summed E-state index contributed by atoms with van der Waals surface area (Å²) in [6.07, 6.45) is 4.26. The molecule has 0 spiro atoms. The molecular formula is C15H29NOS2. The van der Waals surface area contributed by atoms with Crippen LogP contribution < -0.4 is 5.32 Å². The van der Waals surface area contributed by atoms with Crippen molar-refractivity contribution >= 4 is 21.6 Å². The maximum Gasteiger partial charge on any atom is 0.122 e. The Labute approximate surface area is 127 Å². The van der Waals surface area contributed by atoms with Gasteiger partial charge in [0.05, 0.1) is 0 Å². The second kappa shape index (κ2) is 10.9. The molecule has 0 aromatic rings. The van der Waals surface area contributed by atoms with E-state index in [1.54, 1.807) is 21.6 Å². The molecule has 0 aliphatic carbocycles. The van der Waals surface area contributed by atoms with Gasteiger partial charge in [-0.05, 0) is 32.6 Å². The lowest BCUT2D eigenvalue weighted by Crippen LogP contribution is -2.28. The Morgan fingerprint density at radius 3 is 2.47 bits per heavy atom. The number of ether oxygens (including phenoxy) is 1. The highest BCUT2D eigenvalue weighted by molar-refractivity contribution is 8.76. The summed E-state index contributed by atoms with van der Waals surface area (Å²) in [7, 11) is 3.56. The van der Waals surface area contributed by atoms with Gasteiger partial charge in [-0.15, -0.1) is 0 Å². The predicted molar refractivity (Wildman–Crippen MR) is 90.4 cm³/mol. The van der Waals surface area contributed by atoms with Gasteiger partial charge in [0.1, 0.15) is 11.5 Å². The summed E-state index contributed by atoms with van der Waals surface area (Å²) in [6.45, 7) is 12.3. The Hall–Kier alpha value is 0.180. The Balaban J connectivity index is 4.08. The van der Waals surface area contributed by atoms with Gasteiger partial charge >= 0.3 is 0 Å². The van der Waals surface area contributed by atoms with Gasteiger partial charge < -0.3 is 10.1 Å². The van der Waals surface area contributed by atoms with Gasteiger partial charge in [-0.2, -0.15) is 0 Å². The van der Waals surface area contributed by atoms with E-state index in [1.165, 1.54) is 0 Å². The molecule has 0 aromatic carbocycles. The van der Waals surface area contributed by atoms with Crippen molar-refractivity contribution < 1.29 is 4.74 Å². The molecule has 0 radical (unpaired) electrons. The fourth-order valence-electron chi connectivity index (χ4n) is 1.55. The van der Waals surface area contributed by atoms with Gasteiger partial charge in [0, 0.05) is 12.0 Å². The number of hydrogen-bond donors (Lipinski definition) is 1. The fraction of sp³-hybridized carbons (Fsp3) is 0.867. The second-order valence-electron chi connectivity index (χ2n) is 5.36. The molecule has 0 amide bonds. The highest BCUT2D eigenvalue weighted by Crippen LogP contribution is 2.38. The van der Waals surface area contributed by atoms with Crippen molar-refractivity contribution in [2.24, 2.45) is 5.92 Å². The topological polar surface area (TPSA) is 21.3 Å². The minimum absolute atomic E-state index is 0.135. The normalized spacial score (nSPS) is 14.3. The Kier molecular flexibility index (Phi) is 11.0. The molecule has 0 aromatic heterocycles. The van der Waals surface area contributed by atoms with Crippen LogP contribution >= 0.6 is 21.6 Å². The Morgan fingerprint density at radius 2 is 1.95 bits per heavy atom. The second-order valence-corrected chi connectivity index (χ2v) is 8.22. The van der Waals surface area contributed by atoms with E-state index < -0.39 is 0 Å². The van der Waals surface area contributed by atoms with Crippen molar-refractivity contribution in [3.8, 4) is 11.8 Å². The SMILES string of the molecule is CSSC(C)(CCCNC(C)C)OCC#CC(C)C. The van der Waals surface area contributed by atoms with Crippen LogP contribution in [0.2, 0.25) is 0 Å². The van der Waals surface area contributed by atoms with Gasteiger partial charge in [0.15, 0.2) is 0 Å². The molecule has 0 aliphatic heterocycles. The quantitative estimate of drug-likeness (QED) is 0.298. The van der Waals surface area contributed by atoms with Gasteiger partial charge in [-0.3, -0.25) is 0 Å². The van der Waals surface area contributed by atoms with E-state index in [0.717, 1.165) is 19.4 Å². The average Bonchev–Trinajstić information content (AvgIpc) is 2.31. The van der Waals surface area contributed by atoms with Crippen LogP contribution in [0.15, 0.2) is 0 Å². The van der Waals surface area contributed by atoms with E-state index in [9.17, 15) is 0 Å². The van der Waals surface area contributed by atoms with E-state index in [1.807, 2.05) is 0 Å². The van der Waals surface area contributed by atoms with Gasteiger partial charge in [0.25, 0.3) is 0 Å². The number of rotatable bonds is 9. The zero-order chi connectivity index (χ0) is 14.7. The molecule has 0 rings (SSSR count). The zero-order valence-corrected chi connectivity index (χ0v) is 14.8. The lowest BCUT2D eigenvalue weighted by Gasteiger charge is -2.27. The van der Waals surface area contributed by atoms with Gasteiger partial charge in [0.2, 0.25) is 0 Å². The Bertz CT molecular complexity index is 284. The van der Waals surface area contributed by atoms with E-state index in [0.29, 0.717) is 18.6 Å². The highest BCUT2D eigenvalue weighted by Gasteiger charge is 2.24. The van der Waals surface area contributed by atoms with Crippen LogP contribution in [-0.2, 0) is 4.74 Å². The van der Waals surface area contributed by atoms with Crippen molar-refractivity contribution in [3.63, 3.8) is 0 Å². The molecule has 0 saturated carbocycles. The summed E-state index contributed by atoms with van der Waals surface area (Å²) in [5, 5.41) is 3.44. The van der Waals surface area contributed by atoms with Crippen molar-refractivity contribution in [1.29, 1.82) is 0 Å². The first-order valence-corrected chi connectivity index (χ1v) is 9.53. The minimum Gasteiger partial charge on any atom is -0.351 e. The minimum atomic E-state index is -0.135. The predicted octanol–water partition coefficient (Wildman–Crippen LogP) is 4.17. The maximum atomic E-state index is 5.97. The molecule has 1 atom stereocenters. The molecule has 1 unspecified atom stereocenters. The largest absolute Gasteiger partial charge is 0.351 e. The van der Waals surface area contributed by atoms with E-state index >= 15 is 0 Å². The molecule has 19 heavy (non-hydrogen) atoms. The first-order chi connectivity index (χ1) is 8.89. The van der Waals surface area contributed by atoms with E-state index in [4.69, 9.17) is 4.74 Å². The third-order valence-corrected chi connectivity index (χ3v) is 4.86. The molecule has 0 bridgehead atoms. The van der Waals surface area contributed by atoms with Crippen molar-refractivity contribution in [2.75, 3.05) is 19.4 Å². The molecule has 1 N–H and O–H groups in total. The Morgan fingerprint density at radius 1 is 1.26 bits per heavy atom. The van der Waals surface area contributed by atoms with E-state index in [-0.39, 0.29) is 4.93 Å². The molecule has 0 heterocycles. The molecule has 4 heteroatoms. The monoisotopic (exact) mass is 303 g/mol. The number of nitrogens with one attached hydrogen (secondary N) is 1. The molecular weight excluding hydrogens is 274 g/mol. The summed E-state index contributed by atoms with van der Waals surface area (Å²) in [6, 6.07) is 0.553. The standard InChI is InChI=1S/C15H29NOS2/c1-13(2)9-7-12-17-15(5,19-18-6)10-8-11-16-14(3)4/h13-14,16H,8,10-12H2,1-6H3. The summed E-state index contributed by atoms with van der Waals surface area (Å²) in [5.41, 5.74) is 0. The van der Waals surface area contributed by atoms with Crippen LogP contribution in [0.25, 0.3) is 0 Å². The zero-order valence-electron chi connectivity index (χ0n) is 13.2. The van der Waals surface area contributed by atoms with Crippen molar-refractivity contribution in [1.82, 2.24) is 5.32 Å². The first kappa shape index (κ1) is 19.2. The summed E-state index contributed by atoms with van der Waals surface area (Å²) in [4.78, 5) is -0.135. The van der Waals surface area contributed by atoms with Crippen LogP contribution in [0.4, 0.5) is 0 Å². The van der Waals surface area contributed by atoms with Crippen LogP contribution in [0.5, 0.6) is 0 Å². The fourth-order valence-corrected chi connectivity index (χ4v) is 3.69. The van der Waals surface area contributed by atoms with Gasteiger partial charge in [-0.1, -0.05) is 61.1 Å². The lowest BCUT2D eigenvalue weighted by atomic mass is 10.2. The van der Waals surface area contributed by atoms with Crippen LogP contribution in [0.3, 0.4) is 0 Å².